The van der Waals surface area contributed by atoms with Crippen molar-refractivity contribution in [3.63, 3.8) is 0 Å². The van der Waals surface area contributed by atoms with Crippen LogP contribution in [-0.2, 0) is 11.3 Å². The Morgan fingerprint density at radius 2 is 2.06 bits per heavy atom. The van der Waals surface area contributed by atoms with Crippen LogP contribution in [0.5, 0.6) is 0 Å². The number of amides is 1. The summed E-state index contributed by atoms with van der Waals surface area (Å²) in [5, 5.41) is 16.2. The lowest BCUT2D eigenvalue weighted by molar-refractivity contribution is -0.121. The third-order valence-corrected chi connectivity index (χ3v) is 2.94. The maximum absolute atomic E-state index is 11.5. The molecule has 100 valence electrons. The molecule has 5 nitrogen and oxygen atoms in total. The van der Waals surface area contributed by atoms with Gasteiger partial charge in [-0.2, -0.15) is 0 Å². The van der Waals surface area contributed by atoms with Crippen LogP contribution in [0.2, 0.25) is 0 Å². The Labute approximate surface area is 110 Å². The molecule has 0 saturated heterocycles. The summed E-state index contributed by atoms with van der Waals surface area (Å²) < 4.78 is 0. The average molecular weight is 270 g/mol. The van der Waals surface area contributed by atoms with E-state index < -0.39 is 5.97 Å². The smallest absolute Gasteiger partial charge is 0.336 e. The van der Waals surface area contributed by atoms with Crippen molar-refractivity contribution in [2.75, 3.05) is 6.54 Å². The van der Waals surface area contributed by atoms with Crippen molar-refractivity contribution in [2.24, 2.45) is 0 Å². The molecule has 0 radical (unpaired) electrons. The molecule has 0 aliphatic rings. The van der Waals surface area contributed by atoms with E-state index in [0.717, 1.165) is 4.88 Å². The van der Waals surface area contributed by atoms with Gasteiger partial charge in [0.25, 0.3) is 0 Å². The summed E-state index contributed by atoms with van der Waals surface area (Å²) in [6, 6.07) is 1.61. The molecule has 6 heteroatoms. The fourth-order valence-corrected chi connectivity index (χ4v) is 2.17. The van der Waals surface area contributed by atoms with Crippen molar-refractivity contribution in [1.82, 2.24) is 10.6 Å². The summed E-state index contributed by atoms with van der Waals surface area (Å²) in [5.74, 6) is -1.000. The Bertz CT molecular complexity index is 435. The van der Waals surface area contributed by atoms with Crippen molar-refractivity contribution in [1.29, 1.82) is 0 Å². The van der Waals surface area contributed by atoms with Gasteiger partial charge in [0.1, 0.15) is 0 Å². The number of thiophene rings is 1. The maximum Gasteiger partial charge on any atom is 0.336 e. The van der Waals surface area contributed by atoms with Gasteiger partial charge in [0.05, 0.1) is 12.1 Å². The van der Waals surface area contributed by atoms with Crippen LogP contribution < -0.4 is 10.6 Å². The fraction of sp³-hybridized carbons (Fsp3) is 0.500. The molecule has 1 rings (SSSR count). The minimum Gasteiger partial charge on any atom is -0.478 e. The lowest BCUT2D eigenvalue weighted by Gasteiger charge is -2.20. The molecule has 18 heavy (non-hydrogen) atoms. The van der Waals surface area contributed by atoms with Gasteiger partial charge in [0.15, 0.2) is 0 Å². The highest BCUT2D eigenvalue weighted by Gasteiger charge is 2.13. The Kier molecular flexibility index (Phi) is 4.86. The summed E-state index contributed by atoms with van der Waals surface area (Å²) >= 11 is 1.37. The molecule has 0 spiro atoms. The minimum absolute atomic E-state index is 0.0717. The SMILES string of the molecule is CC(C)(C)NC(=O)CNCc1cc(C(=O)O)cs1. The number of carbonyl (C=O) groups excluding carboxylic acids is 1. The zero-order valence-corrected chi connectivity index (χ0v) is 11.6. The topological polar surface area (TPSA) is 78.4 Å². The zero-order chi connectivity index (χ0) is 13.8. The molecule has 1 heterocycles. The summed E-state index contributed by atoms with van der Waals surface area (Å²) in [6.07, 6.45) is 0. The Morgan fingerprint density at radius 3 is 2.56 bits per heavy atom. The van der Waals surface area contributed by atoms with Crippen molar-refractivity contribution < 1.29 is 14.7 Å². The van der Waals surface area contributed by atoms with E-state index in [1.54, 1.807) is 11.4 Å². The lowest BCUT2D eigenvalue weighted by Crippen LogP contribution is -2.44. The largest absolute Gasteiger partial charge is 0.478 e. The number of nitrogens with one attached hydrogen (secondary N) is 2. The van der Waals surface area contributed by atoms with Gasteiger partial charge in [-0.15, -0.1) is 11.3 Å². The molecule has 0 atom stereocenters. The van der Waals surface area contributed by atoms with Crippen LogP contribution in [0.25, 0.3) is 0 Å². The van der Waals surface area contributed by atoms with Crippen molar-refractivity contribution >= 4 is 23.2 Å². The number of aromatic carboxylic acids is 1. The van der Waals surface area contributed by atoms with Crippen LogP contribution in [0.3, 0.4) is 0 Å². The number of hydrogen-bond acceptors (Lipinski definition) is 4. The molecule has 0 aliphatic heterocycles. The molecule has 0 unspecified atom stereocenters. The monoisotopic (exact) mass is 270 g/mol. The first-order valence-electron chi connectivity index (χ1n) is 5.60. The molecule has 0 aromatic carbocycles. The van der Waals surface area contributed by atoms with E-state index in [-0.39, 0.29) is 23.6 Å². The van der Waals surface area contributed by atoms with Crippen LogP contribution in [0.4, 0.5) is 0 Å². The van der Waals surface area contributed by atoms with Gasteiger partial charge in [-0.1, -0.05) is 0 Å². The van der Waals surface area contributed by atoms with Gasteiger partial charge < -0.3 is 15.7 Å². The third kappa shape index (κ3) is 5.29. The van der Waals surface area contributed by atoms with Gasteiger partial charge in [0.2, 0.25) is 5.91 Å². The number of carbonyl (C=O) groups is 2. The Hall–Kier alpha value is -1.40. The van der Waals surface area contributed by atoms with Crippen LogP contribution in [0.15, 0.2) is 11.4 Å². The van der Waals surface area contributed by atoms with Crippen molar-refractivity contribution in [2.45, 2.75) is 32.9 Å². The second-order valence-corrected chi connectivity index (χ2v) is 6.00. The Balaban J connectivity index is 2.33. The molecule has 0 bridgehead atoms. The number of carboxylic acid groups (broad SMARTS) is 1. The molecule has 3 N–H and O–H groups in total. The summed E-state index contributed by atoms with van der Waals surface area (Å²) in [4.78, 5) is 23.1. The number of carboxylic acids is 1. The van der Waals surface area contributed by atoms with Gasteiger partial charge in [-0.25, -0.2) is 4.79 Å². The van der Waals surface area contributed by atoms with E-state index in [9.17, 15) is 9.59 Å². The molecule has 0 aliphatic carbocycles. The summed E-state index contributed by atoms with van der Waals surface area (Å²) in [6.45, 7) is 6.48. The second kappa shape index (κ2) is 5.97. The second-order valence-electron chi connectivity index (χ2n) is 5.01. The number of hydrogen-bond donors (Lipinski definition) is 3. The quantitative estimate of drug-likeness (QED) is 0.756. The average Bonchev–Trinajstić information content (AvgIpc) is 2.63. The highest BCUT2D eigenvalue weighted by Crippen LogP contribution is 2.14. The fourth-order valence-electron chi connectivity index (χ4n) is 1.35. The molecule has 1 amide bonds. The highest BCUT2D eigenvalue weighted by molar-refractivity contribution is 7.10. The molecule has 1 aromatic heterocycles. The van der Waals surface area contributed by atoms with E-state index >= 15 is 0 Å². The normalized spacial score (nSPS) is 11.3. The maximum atomic E-state index is 11.5. The first kappa shape index (κ1) is 14.7. The van der Waals surface area contributed by atoms with Crippen LogP contribution in [0, 0.1) is 0 Å². The van der Waals surface area contributed by atoms with Crippen LogP contribution >= 0.6 is 11.3 Å². The van der Waals surface area contributed by atoms with Crippen molar-refractivity contribution in [3.8, 4) is 0 Å². The van der Waals surface area contributed by atoms with E-state index in [1.807, 2.05) is 20.8 Å². The highest BCUT2D eigenvalue weighted by atomic mass is 32.1. The molecule has 0 fully saturated rings. The van der Waals surface area contributed by atoms with E-state index in [1.165, 1.54) is 11.3 Å². The molecule has 0 saturated carbocycles. The zero-order valence-electron chi connectivity index (χ0n) is 10.7. The predicted molar refractivity (Wildman–Crippen MR) is 70.9 cm³/mol. The standard InChI is InChI=1S/C12H18N2O3S/c1-12(2,3)14-10(15)6-13-5-9-4-8(7-18-9)11(16)17/h4,7,13H,5-6H2,1-3H3,(H,14,15)(H,16,17). The van der Waals surface area contributed by atoms with Gasteiger partial charge in [-0.05, 0) is 26.8 Å². The molecule has 1 aromatic rings. The molecular weight excluding hydrogens is 252 g/mol. The third-order valence-electron chi connectivity index (χ3n) is 2.00. The minimum atomic E-state index is -0.928. The lowest BCUT2D eigenvalue weighted by atomic mass is 10.1. The predicted octanol–water partition coefficient (Wildman–Crippen LogP) is 1.45. The van der Waals surface area contributed by atoms with Crippen LogP contribution in [-0.4, -0.2) is 29.1 Å². The summed E-state index contributed by atoms with van der Waals surface area (Å²) in [5.41, 5.74) is 0.0500. The molecular formula is C12H18N2O3S. The Morgan fingerprint density at radius 1 is 1.39 bits per heavy atom. The van der Waals surface area contributed by atoms with Crippen molar-refractivity contribution in [3.05, 3.63) is 21.9 Å². The van der Waals surface area contributed by atoms with E-state index in [4.69, 9.17) is 5.11 Å². The van der Waals surface area contributed by atoms with Gasteiger partial charge >= 0.3 is 5.97 Å². The number of rotatable bonds is 5. The first-order valence-corrected chi connectivity index (χ1v) is 6.48. The first-order chi connectivity index (χ1) is 8.28. The van der Waals surface area contributed by atoms with E-state index in [0.29, 0.717) is 6.54 Å². The summed E-state index contributed by atoms with van der Waals surface area (Å²) in [7, 11) is 0. The van der Waals surface area contributed by atoms with E-state index in [2.05, 4.69) is 10.6 Å². The van der Waals surface area contributed by atoms with Gasteiger partial charge in [0, 0.05) is 22.3 Å². The van der Waals surface area contributed by atoms with Gasteiger partial charge in [-0.3, -0.25) is 4.79 Å². The van der Waals surface area contributed by atoms with Crippen LogP contribution in [0.1, 0.15) is 36.0 Å².